The van der Waals surface area contributed by atoms with Gasteiger partial charge < -0.3 is 5.32 Å². The summed E-state index contributed by atoms with van der Waals surface area (Å²) < 4.78 is 1.99. The first-order valence-corrected chi connectivity index (χ1v) is 7.56. The average molecular weight is 277 g/mol. The lowest BCUT2D eigenvalue weighted by Gasteiger charge is -2.10. The van der Waals surface area contributed by atoms with Crippen LogP contribution in [0.1, 0.15) is 24.7 Å². The molecule has 0 aromatic carbocycles. The monoisotopic (exact) mass is 277 g/mol. The second kappa shape index (κ2) is 6.06. The zero-order valence-electron chi connectivity index (χ0n) is 11.8. The van der Waals surface area contributed by atoms with Gasteiger partial charge in [0.05, 0.1) is 5.69 Å². The van der Waals surface area contributed by atoms with Crippen molar-refractivity contribution in [3.63, 3.8) is 0 Å². The molecule has 0 radical (unpaired) electrons. The third-order valence-electron chi connectivity index (χ3n) is 2.93. The van der Waals surface area contributed by atoms with Gasteiger partial charge in [-0.15, -0.1) is 0 Å². The number of imidazole rings is 1. The van der Waals surface area contributed by atoms with Gasteiger partial charge in [-0.1, -0.05) is 18.7 Å². The second-order valence-electron chi connectivity index (χ2n) is 4.31. The molecule has 2 rings (SSSR count). The maximum atomic E-state index is 4.54. The molecular formula is C13H19N5S. The Morgan fingerprint density at radius 1 is 1.32 bits per heavy atom. The normalized spacial score (nSPS) is 10.7. The van der Waals surface area contributed by atoms with E-state index in [0.717, 1.165) is 41.1 Å². The molecule has 102 valence electrons. The van der Waals surface area contributed by atoms with Crippen molar-refractivity contribution >= 4 is 17.6 Å². The minimum atomic E-state index is 0.766. The third-order valence-corrected chi connectivity index (χ3v) is 3.48. The number of thioether (sulfide) groups is 1. The van der Waals surface area contributed by atoms with E-state index in [2.05, 4.69) is 27.2 Å². The fraction of sp³-hybridized carbons (Fsp3) is 0.462. The van der Waals surface area contributed by atoms with Crippen LogP contribution in [0, 0.1) is 13.8 Å². The highest BCUT2D eigenvalue weighted by Gasteiger charge is 2.09. The van der Waals surface area contributed by atoms with Gasteiger partial charge >= 0.3 is 0 Å². The SMILES string of the molecule is CCCNc1cc(-n2cnc(C)c2C)nc(SC)n1. The van der Waals surface area contributed by atoms with Crippen molar-refractivity contribution in [3.8, 4) is 5.82 Å². The summed E-state index contributed by atoms with van der Waals surface area (Å²) in [6.07, 6.45) is 4.85. The number of hydrogen-bond acceptors (Lipinski definition) is 5. The molecule has 1 N–H and O–H groups in total. The van der Waals surface area contributed by atoms with Gasteiger partial charge in [0, 0.05) is 18.3 Å². The molecule has 0 unspecified atom stereocenters. The summed E-state index contributed by atoms with van der Waals surface area (Å²) in [5, 5.41) is 4.07. The van der Waals surface area contributed by atoms with Crippen LogP contribution in [0.2, 0.25) is 0 Å². The number of nitrogens with one attached hydrogen (secondary N) is 1. The smallest absolute Gasteiger partial charge is 0.191 e. The molecule has 2 aromatic heterocycles. The summed E-state index contributed by atoms with van der Waals surface area (Å²) in [5.74, 6) is 1.72. The van der Waals surface area contributed by atoms with Crippen molar-refractivity contribution in [2.45, 2.75) is 32.3 Å². The fourth-order valence-corrected chi connectivity index (χ4v) is 2.08. The Morgan fingerprint density at radius 2 is 2.11 bits per heavy atom. The number of aryl methyl sites for hydroxylation is 1. The van der Waals surface area contributed by atoms with Crippen LogP contribution in [0.15, 0.2) is 17.6 Å². The Bertz CT molecular complexity index is 564. The Labute approximate surface area is 117 Å². The van der Waals surface area contributed by atoms with Crippen LogP contribution >= 0.6 is 11.8 Å². The molecule has 0 aliphatic carbocycles. The van der Waals surface area contributed by atoms with Crippen molar-refractivity contribution in [1.82, 2.24) is 19.5 Å². The summed E-state index contributed by atoms with van der Waals surface area (Å²) in [7, 11) is 0. The van der Waals surface area contributed by atoms with E-state index in [1.165, 1.54) is 0 Å². The Kier molecular flexibility index (Phi) is 4.42. The number of rotatable bonds is 5. The predicted molar refractivity (Wildman–Crippen MR) is 79.2 cm³/mol. The van der Waals surface area contributed by atoms with E-state index in [0.29, 0.717) is 0 Å². The lowest BCUT2D eigenvalue weighted by atomic mass is 10.4. The number of hydrogen-bond donors (Lipinski definition) is 1. The van der Waals surface area contributed by atoms with Gasteiger partial charge in [-0.3, -0.25) is 4.57 Å². The first kappa shape index (κ1) is 13.9. The molecule has 0 aliphatic rings. The quantitative estimate of drug-likeness (QED) is 0.673. The van der Waals surface area contributed by atoms with Crippen LogP contribution < -0.4 is 5.32 Å². The summed E-state index contributed by atoms with van der Waals surface area (Å²) in [5.41, 5.74) is 2.12. The molecule has 2 heterocycles. The zero-order valence-corrected chi connectivity index (χ0v) is 12.6. The number of aromatic nitrogens is 4. The van der Waals surface area contributed by atoms with E-state index in [9.17, 15) is 0 Å². The Morgan fingerprint density at radius 3 is 2.68 bits per heavy atom. The van der Waals surface area contributed by atoms with Crippen molar-refractivity contribution in [1.29, 1.82) is 0 Å². The van der Waals surface area contributed by atoms with Crippen molar-refractivity contribution < 1.29 is 0 Å². The van der Waals surface area contributed by atoms with E-state index < -0.39 is 0 Å². The van der Waals surface area contributed by atoms with Gasteiger partial charge in [-0.05, 0) is 26.5 Å². The topological polar surface area (TPSA) is 55.6 Å². The molecule has 0 fully saturated rings. The summed E-state index contributed by atoms with van der Waals surface area (Å²) in [6, 6.07) is 1.96. The maximum absolute atomic E-state index is 4.54. The molecule has 0 bridgehead atoms. The van der Waals surface area contributed by atoms with E-state index in [4.69, 9.17) is 0 Å². The summed E-state index contributed by atoms with van der Waals surface area (Å²) in [4.78, 5) is 13.3. The highest BCUT2D eigenvalue weighted by Crippen LogP contribution is 2.19. The van der Waals surface area contributed by atoms with Crippen molar-refractivity contribution in [2.24, 2.45) is 0 Å². The summed E-state index contributed by atoms with van der Waals surface area (Å²) in [6.45, 7) is 7.08. The van der Waals surface area contributed by atoms with Crippen molar-refractivity contribution in [3.05, 3.63) is 23.8 Å². The van der Waals surface area contributed by atoms with Crippen LogP contribution in [0.4, 0.5) is 5.82 Å². The Balaban J connectivity index is 2.41. The lowest BCUT2D eigenvalue weighted by molar-refractivity contribution is 0.864. The van der Waals surface area contributed by atoms with E-state index in [1.54, 1.807) is 18.1 Å². The molecule has 5 nitrogen and oxygen atoms in total. The van der Waals surface area contributed by atoms with E-state index in [-0.39, 0.29) is 0 Å². The fourth-order valence-electron chi connectivity index (χ4n) is 1.70. The zero-order chi connectivity index (χ0) is 13.8. The number of nitrogens with zero attached hydrogens (tertiary/aromatic N) is 4. The van der Waals surface area contributed by atoms with Gasteiger partial charge in [-0.2, -0.15) is 0 Å². The molecular weight excluding hydrogens is 258 g/mol. The minimum Gasteiger partial charge on any atom is -0.370 e. The first-order chi connectivity index (χ1) is 9.15. The molecule has 19 heavy (non-hydrogen) atoms. The van der Waals surface area contributed by atoms with E-state index >= 15 is 0 Å². The number of anilines is 1. The molecule has 0 atom stereocenters. The predicted octanol–water partition coefficient (Wildman–Crippen LogP) is 2.82. The molecule has 6 heteroatoms. The standard InChI is InChI=1S/C13H19N5S/c1-5-6-14-11-7-12(17-13(16-11)19-4)18-8-15-9(2)10(18)3/h7-8H,5-6H2,1-4H3,(H,14,16,17). The van der Waals surface area contributed by atoms with Crippen molar-refractivity contribution in [2.75, 3.05) is 18.1 Å². The first-order valence-electron chi connectivity index (χ1n) is 6.33. The molecule has 0 aliphatic heterocycles. The van der Waals surface area contributed by atoms with Crippen LogP contribution in [0.5, 0.6) is 0 Å². The average Bonchev–Trinajstić information content (AvgIpc) is 2.76. The Hall–Kier alpha value is -1.56. The minimum absolute atomic E-state index is 0.766. The molecule has 0 spiro atoms. The van der Waals surface area contributed by atoms with Gasteiger partial charge in [0.25, 0.3) is 0 Å². The highest BCUT2D eigenvalue weighted by molar-refractivity contribution is 7.98. The van der Waals surface area contributed by atoms with Crippen LogP contribution in [0.3, 0.4) is 0 Å². The third kappa shape index (κ3) is 3.07. The van der Waals surface area contributed by atoms with Crippen LogP contribution in [0.25, 0.3) is 5.82 Å². The van der Waals surface area contributed by atoms with Crippen LogP contribution in [-0.4, -0.2) is 32.3 Å². The van der Waals surface area contributed by atoms with E-state index in [1.807, 2.05) is 30.7 Å². The maximum Gasteiger partial charge on any atom is 0.191 e. The van der Waals surface area contributed by atoms with Crippen LogP contribution in [-0.2, 0) is 0 Å². The summed E-state index contributed by atoms with van der Waals surface area (Å²) >= 11 is 1.54. The van der Waals surface area contributed by atoms with Gasteiger partial charge in [-0.25, -0.2) is 15.0 Å². The molecule has 0 saturated carbocycles. The highest BCUT2D eigenvalue weighted by atomic mass is 32.2. The lowest BCUT2D eigenvalue weighted by Crippen LogP contribution is -2.07. The second-order valence-corrected chi connectivity index (χ2v) is 5.08. The molecule has 0 saturated heterocycles. The molecule has 0 amide bonds. The van der Waals surface area contributed by atoms with Gasteiger partial charge in [0.1, 0.15) is 18.0 Å². The van der Waals surface area contributed by atoms with Gasteiger partial charge in [0.15, 0.2) is 5.16 Å². The molecule has 2 aromatic rings. The van der Waals surface area contributed by atoms with Gasteiger partial charge in [0.2, 0.25) is 0 Å². The largest absolute Gasteiger partial charge is 0.370 e.